The number of carbonyl (C=O) groups excluding carboxylic acids is 8. The van der Waals surface area contributed by atoms with E-state index in [1.54, 1.807) is 14.0 Å². The molecule has 8 atom stereocenters. The quantitative estimate of drug-likeness (QED) is 0.0755. The molecular weight excluding hydrogens is 614 g/mol. The minimum Gasteiger partial charge on any atom is -0.368 e. The van der Waals surface area contributed by atoms with Crippen molar-refractivity contribution in [2.75, 3.05) is 13.6 Å². The van der Waals surface area contributed by atoms with Crippen LogP contribution in [0, 0.1) is 0 Å². The maximum atomic E-state index is 13.2. The van der Waals surface area contributed by atoms with Crippen molar-refractivity contribution in [1.29, 1.82) is 0 Å². The highest BCUT2D eigenvalue weighted by Gasteiger charge is 2.38. The molecule has 1 saturated heterocycles. The first kappa shape index (κ1) is 40.7. The van der Waals surface area contributed by atoms with Gasteiger partial charge in [0.15, 0.2) is 0 Å². The summed E-state index contributed by atoms with van der Waals surface area (Å²) in [5.41, 5.74) is 5.17. The maximum absolute atomic E-state index is 13.2. The van der Waals surface area contributed by atoms with Gasteiger partial charge in [-0.25, -0.2) is 0 Å². The Kier molecular flexibility index (Phi) is 16.8. The van der Waals surface area contributed by atoms with Crippen molar-refractivity contribution in [3.63, 3.8) is 0 Å². The summed E-state index contributed by atoms with van der Waals surface area (Å²) >= 11 is 0. The third-order valence-corrected chi connectivity index (χ3v) is 7.92. The molecule has 1 rings (SSSR count). The van der Waals surface area contributed by atoms with Crippen molar-refractivity contribution in [3.8, 4) is 0 Å². The average Bonchev–Trinajstić information content (AvgIpc) is 3.51. The Morgan fingerprint density at radius 1 is 0.660 bits per heavy atom. The van der Waals surface area contributed by atoms with Gasteiger partial charge in [-0.3, -0.25) is 38.4 Å². The van der Waals surface area contributed by atoms with Crippen LogP contribution in [0.25, 0.3) is 0 Å². The highest BCUT2D eigenvalue weighted by atomic mass is 16.2. The molecule has 0 radical (unpaired) electrons. The molecule has 17 heteroatoms. The molecule has 1 aliphatic rings. The Labute approximate surface area is 276 Å². The van der Waals surface area contributed by atoms with Gasteiger partial charge in [0.1, 0.15) is 42.3 Å². The second-order valence-electron chi connectivity index (χ2n) is 12.0. The van der Waals surface area contributed by atoms with Gasteiger partial charge in [0.25, 0.3) is 0 Å². The Bertz CT molecular complexity index is 1170. The molecule has 0 aromatic carbocycles. The first-order valence-corrected chi connectivity index (χ1v) is 16.0. The van der Waals surface area contributed by atoms with Gasteiger partial charge in [0.2, 0.25) is 47.3 Å². The fourth-order valence-electron chi connectivity index (χ4n) is 4.62. The van der Waals surface area contributed by atoms with Crippen molar-refractivity contribution < 1.29 is 38.4 Å². The number of nitrogens with one attached hydrogen (secondary N) is 7. The second-order valence-corrected chi connectivity index (χ2v) is 12.0. The summed E-state index contributed by atoms with van der Waals surface area (Å²) in [5, 5.41) is 18.1. The molecule has 0 aromatic rings. The van der Waals surface area contributed by atoms with Gasteiger partial charge >= 0.3 is 0 Å². The first-order valence-electron chi connectivity index (χ1n) is 16.0. The maximum Gasteiger partial charge on any atom is 0.245 e. The SMILES string of the molecule is CCCC[C@H](NC(=O)[C@H](C)NC(=O)[C@@H]1CCCN1C(=O)[C@H](C)NC(=O)[C@H](C)NC(=O)[C@H](C)NC)C(=O)N[C@@H](C)C(=O)N[C@@H](C)C(N)=O. The van der Waals surface area contributed by atoms with E-state index >= 15 is 0 Å². The molecule has 0 saturated carbocycles. The molecule has 1 aliphatic heterocycles. The lowest BCUT2D eigenvalue weighted by atomic mass is 10.1. The van der Waals surface area contributed by atoms with E-state index in [4.69, 9.17) is 5.73 Å². The van der Waals surface area contributed by atoms with Gasteiger partial charge in [-0.05, 0) is 67.9 Å². The summed E-state index contributed by atoms with van der Waals surface area (Å²) in [6, 6.07) is -7.33. The second kappa shape index (κ2) is 19.4. The monoisotopic (exact) mass is 667 g/mol. The van der Waals surface area contributed by atoms with Crippen molar-refractivity contribution in [3.05, 3.63) is 0 Å². The molecule has 47 heavy (non-hydrogen) atoms. The van der Waals surface area contributed by atoms with Gasteiger partial charge in [-0.1, -0.05) is 19.8 Å². The number of likely N-dealkylation sites (tertiary alicyclic amines) is 1. The third kappa shape index (κ3) is 12.8. The number of rotatable bonds is 18. The first-order chi connectivity index (χ1) is 21.9. The Balaban J connectivity index is 2.81. The molecular formula is C30H53N9O8. The molecule has 266 valence electrons. The largest absolute Gasteiger partial charge is 0.368 e. The number of unbranched alkanes of at least 4 members (excludes halogenated alkanes) is 1. The van der Waals surface area contributed by atoms with Crippen molar-refractivity contribution in [1.82, 2.24) is 42.1 Å². The third-order valence-electron chi connectivity index (χ3n) is 7.92. The molecule has 8 amide bonds. The predicted molar refractivity (Wildman–Crippen MR) is 172 cm³/mol. The lowest BCUT2D eigenvalue weighted by Crippen LogP contribution is -2.58. The molecule has 1 heterocycles. The van der Waals surface area contributed by atoms with Crippen molar-refractivity contribution >= 4 is 47.3 Å². The van der Waals surface area contributed by atoms with Gasteiger partial charge in [-0.2, -0.15) is 0 Å². The number of amides is 8. The Morgan fingerprint density at radius 3 is 1.66 bits per heavy atom. The number of likely N-dealkylation sites (N-methyl/N-ethyl adjacent to an activating group) is 1. The van der Waals surface area contributed by atoms with Gasteiger partial charge < -0.3 is 47.9 Å². The van der Waals surface area contributed by atoms with Crippen LogP contribution in [0.3, 0.4) is 0 Å². The van der Waals surface area contributed by atoms with Gasteiger partial charge in [0.05, 0.1) is 6.04 Å². The molecule has 0 aromatic heterocycles. The number of hydrogen-bond acceptors (Lipinski definition) is 9. The van der Waals surface area contributed by atoms with Crippen LogP contribution >= 0.6 is 0 Å². The van der Waals surface area contributed by atoms with Crippen LogP contribution < -0.4 is 43.0 Å². The molecule has 0 aliphatic carbocycles. The lowest BCUT2D eigenvalue weighted by Gasteiger charge is -2.29. The number of carbonyl (C=O) groups is 8. The Hall–Kier alpha value is -4.28. The van der Waals surface area contributed by atoms with E-state index in [0.29, 0.717) is 19.3 Å². The van der Waals surface area contributed by atoms with E-state index in [2.05, 4.69) is 37.2 Å². The summed E-state index contributed by atoms with van der Waals surface area (Å²) in [4.78, 5) is 102. The van der Waals surface area contributed by atoms with Crippen LogP contribution in [-0.2, 0) is 38.4 Å². The van der Waals surface area contributed by atoms with Crippen LogP contribution in [0.1, 0.15) is 80.6 Å². The fourth-order valence-corrected chi connectivity index (χ4v) is 4.62. The topological polar surface area (TPSA) is 250 Å². The van der Waals surface area contributed by atoms with E-state index in [1.165, 1.54) is 39.5 Å². The highest BCUT2D eigenvalue weighted by Crippen LogP contribution is 2.19. The van der Waals surface area contributed by atoms with Crippen molar-refractivity contribution in [2.24, 2.45) is 5.73 Å². The molecule has 0 bridgehead atoms. The zero-order valence-electron chi connectivity index (χ0n) is 28.7. The van der Waals surface area contributed by atoms with E-state index in [-0.39, 0.29) is 18.9 Å². The van der Waals surface area contributed by atoms with Crippen LogP contribution in [0.5, 0.6) is 0 Å². The number of primary amides is 1. The van der Waals surface area contributed by atoms with Gasteiger partial charge in [-0.15, -0.1) is 0 Å². The number of nitrogens with two attached hydrogens (primary N) is 1. The normalized spacial score (nSPS) is 18.6. The van der Waals surface area contributed by atoms with E-state index in [9.17, 15) is 38.4 Å². The summed E-state index contributed by atoms with van der Waals surface area (Å²) in [6.07, 6.45) is 2.46. The molecule has 17 nitrogen and oxygen atoms in total. The highest BCUT2D eigenvalue weighted by molar-refractivity contribution is 5.97. The molecule has 1 fully saturated rings. The summed E-state index contributed by atoms with van der Waals surface area (Å²) in [7, 11) is 1.61. The predicted octanol–water partition coefficient (Wildman–Crippen LogP) is -2.73. The zero-order valence-corrected chi connectivity index (χ0v) is 28.7. The van der Waals surface area contributed by atoms with E-state index in [1.807, 2.05) is 6.92 Å². The van der Waals surface area contributed by atoms with Crippen LogP contribution in [0.2, 0.25) is 0 Å². The summed E-state index contributed by atoms with van der Waals surface area (Å²) in [5.74, 6) is -4.63. The fraction of sp³-hybridized carbons (Fsp3) is 0.733. The smallest absolute Gasteiger partial charge is 0.245 e. The number of nitrogens with zero attached hydrogens (tertiary/aromatic N) is 1. The van der Waals surface area contributed by atoms with Crippen molar-refractivity contribution in [2.45, 2.75) is 129 Å². The minimum absolute atomic E-state index is 0.270. The average molecular weight is 668 g/mol. The molecule has 9 N–H and O–H groups in total. The molecule has 0 spiro atoms. The van der Waals surface area contributed by atoms with Crippen LogP contribution in [0.15, 0.2) is 0 Å². The number of hydrogen-bond donors (Lipinski definition) is 8. The summed E-state index contributed by atoms with van der Waals surface area (Å²) < 4.78 is 0. The zero-order chi connectivity index (χ0) is 36.0. The van der Waals surface area contributed by atoms with Crippen LogP contribution in [-0.4, -0.2) is 114 Å². The lowest BCUT2D eigenvalue weighted by molar-refractivity contribution is -0.142. The van der Waals surface area contributed by atoms with Gasteiger partial charge in [0, 0.05) is 6.54 Å². The van der Waals surface area contributed by atoms with E-state index in [0.717, 1.165) is 6.42 Å². The van der Waals surface area contributed by atoms with Crippen LogP contribution in [0.4, 0.5) is 0 Å². The molecule has 0 unspecified atom stereocenters. The summed E-state index contributed by atoms with van der Waals surface area (Å²) in [6.45, 7) is 11.1. The standard InChI is InChI=1S/C30H53N9O8/c1-9-10-12-21(28(45)35-18(5)25(42)33-15(2)23(31)40)38-27(44)19(6)36-29(46)22-13-11-14-39(22)30(47)20(7)37-26(43)17(4)34-24(41)16(3)32-8/h15-22,32H,9-14H2,1-8H3,(H2,31,40)(H,33,42)(H,34,41)(H,35,45)(H,36,46)(H,37,43)(H,38,44)/t15-,16-,17-,18-,19-,20-,21-,22-/m0/s1. The minimum atomic E-state index is -1.07. The Morgan fingerprint density at radius 2 is 1.13 bits per heavy atom. The van der Waals surface area contributed by atoms with E-state index < -0.39 is 89.7 Å².